The largest absolute Gasteiger partial charge is 0.434 e. The second-order valence-electron chi connectivity index (χ2n) is 5.79. The molecule has 1 aromatic carbocycles. The first kappa shape index (κ1) is 21.8. The Labute approximate surface area is 166 Å². The van der Waals surface area contributed by atoms with Gasteiger partial charge in [0.2, 0.25) is 0 Å². The van der Waals surface area contributed by atoms with Crippen molar-refractivity contribution in [2.45, 2.75) is 26.6 Å². The quantitative estimate of drug-likeness (QED) is 0.370. The summed E-state index contributed by atoms with van der Waals surface area (Å²) in [6, 6.07) is 4.42. The van der Waals surface area contributed by atoms with Crippen molar-refractivity contribution in [3.05, 3.63) is 40.4 Å². The van der Waals surface area contributed by atoms with Gasteiger partial charge in [-0.05, 0) is 25.1 Å². The predicted molar refractivity (Wildman–Crippen MR) is 102 cm³/mol. The molecule has 0 atom stereocenters. The van der Waals surface area contributed by atoms with Crippen LogP contribution < -0.4 is 15.4 Å². The molecule has 154 valence electrons. The van der Waals surface area contributed by atoms with Crippen LogP contribution in [0.15, 0.2) is 23.2 Å². The lowest BCUT2D eigenvalue weighted by atomic mass is 10.2. The number of nitrogens with zero attached hydrogens (tertiary/aromatic N) is 4. The van der Waals surface area contributed by atoms with E-state index in [9.17, 15) is 8.78 Å². The molecule has 2 aromatic rings. The van der Waals surface area contributed by atoms with E-state index in [1.54, 1.807) is 13.2 Å². The maximum Gasteiger partial charge on any atom is 0.387 e. The van der Waals surface area contributed by atoms with Crippen LogP contribution in [0.4, 0.5) is 8.78 Å². The number of guanidine groups is 1. The molecule has 1 heterocycles. The standard InChI is InChI=1S/C17H23ClF2N6O2/c1-11-24-25-15(26(11)2)10-23-17(21-6-7-27-3)22-9-12-8-13(18)4-5-14(12)28-16(19)20/h4-5,8,16H,6-7,9-10H2,1-3H3,(H2,21,22,23). The van der Waals surface area contributed by atoms with E-state index < -0.39 is 6.61 Å². The van der Waals surface area contributed by atoms with Crippen LogP contribution in [0.25, 0.3) is 0 Å². The van der Waals surface area contributed by atoms with Crippen LogP contribution in [-0.2, 0) is 24.9 Å². The number of rotatable bonds is 9. The molecular formula is C17H23ClF2N6O2. The molecule has 28 heavy (non-hydrogen) atoms. The third-order valence-electron chi connectivity index (χ3n) is 3.84. The number of ether oxygens (including phenoxy) is 2. The number of halogens is 3. The van der Waals surface area contributed by atoms with Gasteiger partial charge in [-0.1, -0.05) is 11.6 Å². The van der Waals surface area contributed by atoms with Gasteiger partial charge in [-0.3, -0.25) is 0 Å². The molecule has 0 fully saturated rings. The van der Waals surface area contributed by atoms with Gasteiger partial charge in [0.25, 0.3) is 0 Å². The van der Waals surface area contributed by atoms with Gasteiger partial charge in [0.15, 0.2) is 11.8 Å². The van der Waals surface area contributed by atoms with Crippen LogP contribution >= 0.6 is 11.6 Å². The SMILES string of the molecule is COCCNC(=NCc1cc(Cl)ccc1OC(F)F)NCc1nnc(C)n1C. The number of aromatic nitrogens is 3. The topological polar surface area (TPSA) is 85.6 Å². The van der Waals surface area contributed by atoms with Crippen LogP contribution in [-0.4, -0.2) is 47.6 Å². The highest BCUT2D eigenvalue weighted by Gasteiger charge is 2.11. The first-order chi connectivity index (χ1) is 13.4. The van der Waals surface area contributed by atoms with Crippen molar-refractivity contribution in [3.8, 4) is 5.75 Å². The van der Waals surface area contributed by atoms with E-state index in [1.807, 2.05) is 18.5 Å². The highest BCUT2D eigenvalue weighted by Crippen LogP contribution is 2.25. The lowest BCUT2D eigenvalue weighted by Gasteiger charge is -2.13. The Morgan fingerprint density at radius 1 is 1.32 bits per heavy atom. The maximum absolute atomic E-state index is 12.6. The zero-order valence-electron chi connectivity index (χ0n) is 15.9. The molecular weight excluding hydrogens is 394 g/mol. The molecule has 0 aliphatic rings. The van der Waals surface area contributed by atoms with E-state index in [2.05, 4.69) is 30.6 Å². The Hall–Kier alpha value is -2.46. The fourth-order valence-electron chi connectivity index (χ4n) is 2.26. The summed E-state index contributed by atoms with van der Waals surface area (Å²) in [6.45, 7) is 0.373. The number of aryl methyl sites for hydroxylation is 1. The lowest BCUT2D eigenvalue weighted by molar-refractivity contribution is -0.0504. The van der Waals surface area contributed by atoms with Crippen molar-refractivity contribution in [3.63, 3.8) is 0 Å². The van der Waals surface area contributed by atoms with Crippen LogP contribution in [0.1, 0.15) is 17.2 Å². The van der Waals surface area contributed by atoms with E-state index >= 15 is 0 Å². The first-order valence-corrected chi connectivity index (χ1v) is 8.87. The second kappa shape index (κ2) is 10.8. The number of alkyl halides is 2. The fourth-order valence-corrected chi connectivity index (χ4v) is 2.45. The molecule has 0 aliphatic carbocycles. The van der Waals surface area contributed by atoms with Crippen LogP contribution in [0.5, 0.6) is 5.75 Å². The highest BCUT2D eigenvalue weighted by atomic mass is 35.5. The van der Waals surface area contributed by atoms with Crippen molar-refractivity contribution in [2.24, 2.45) is 12.0 Å². The third-order valence-corrected chi connectivity index (χ3v) is 4.08. The van der Waals surface area contributed by atoms with Gasteiger partial charge in [0, 0.05) is 31.3 Å². The van der Waals surface area contributed by atoms with Gasteiger partial charge in [-0.15, -0.1) is 10.2 Å². The first-order valence-electron chi connectivity index (χ1n) is 8.50. The van der Waals surface area contributed by atoms with Crippen LogP contribution in [0, 0.1) is 6.92 Å². The van der Waals surface area contributed by atoms with E-state index in [4.69, 9.17) is 16.3 Å². The van der Waals surface area contributed by atoms with Crippen molar-refractivity contribution >= 4 is 17.6 Å². The fraction of sp³-hybridized carbons (Fsp3) is 0.471. The summed E-state index contributed by atoms with van der Waals surface area (Å²) in [4.78, 5) is 4.42. The molecule has 2 N–H and O–H groups in total. The molecule has 0 spiro atoms. The molecule has 0 amide bonds. The molecule has 0 aliphatic heterocycles. The zero-order valence-corrected chi connectivity index (χ0v) is 16.6. The van der Waals surface area contributed by atoms with Crippen molar-refractivity contribution in [1.82, 2.24) is 25.4 Å². The summed E-state index contributed by atoms with van der Waals surface area (Å²) in [5.41, 5.74) is 0.440. The Morgan fingerprint density at radius 2 is 2.11 bits per heavy atom. The maximum atomic E-state index is 12.6. The normalized spacial score (nSPS) is 11.8. The minimum atomic E-state index is -2.93. The Bertz CT molecular complexity index is 800. The smallest absolute Gasteiger partial charge is 0.387 e. The average Bonchev–Trinajstić information content (AvgIpc) is 2.97. The van der Waals surface area contributed by atoms with E-state index in [0.29, 0.717) is 36.2 Å². The minimum absolute atomic E-state index is 0.0308. The summed E-state index contributed by atoms with van der Waals surface area (Å²) >= 11 is 5.97. The summed E-state index contributed by atoms with van der Waals surface area (Å²) in [7, 11) is 3.45. The number of hydrogen-bond donors (Lipinski definition) is 2. The molecule has 11 heteroatoms. The summed E-state index contributed by atoms with van der Waals surface area (Å²) < 4.78 is 36.6. The number of hydrogen-bond acceptors (Lipinski definition) is 5. The van der Waals surface area contributed by atoms with Crippen LogP contribution in [0.2, 0.25) is 5.02 Å². The van der Waals surface area contributed by atoms with Crippen molar-refractivity contribution in [1.29, 1.82) is 0 Å². The molecule has 0 unspecified atom stereocenters. The molecule has 0 saturated carbocycles. The third kappa shape index (κ3) is 6.61. The van der Waals surface area contributed by atoms with Gasteiger partial charge in [-0.25, -0.2) is 4.99 Å². The zero-order chi connectivity index (χ0) is 20.5. The number of aliphatic imine (C=N–C) groups is 1. The number of methoxy groups -OCH3 is 1. The molecule has 0 saturated heterocycles. The molecule has 0 bridgehead atoms. The summed E-state index contributed by atoms with van der Waals surface area (Å²) in [6.07, 6.45) is 0. The molecule has 2 rings (SSSR count). The van der Waals surface area contributed by atoms with E-state index in [-0.39, 0.29) is 12.3 Å². The molecule has 8 nitrogen and oxygen atoms in total. The van der Waals surface area contributed by atoms with Crippen LogP contribution in [0.3, 0.4) is 0 Å². The van der Waals surface area contributed by atoms with Gasteiger partial charge in [-0.2, -0.15) is 8.78 Å². The Morgan fingerprint density at radius 3 is 2.75 bits per heavy atom. The monoisotopic (exact) mass is 416 g/mol. The predicted octanol–water partition coefficient (Wildman–Crippen LogP) is 2.26. The van der Waals surface area contributed by atoms with Gasteiger partial charge >= 0.3 is 6.61 Å². The van der Waals surface area contributed by atoms with Gasteiger partial charge < -0.3 is 24.7 Å². The summed E-state index contributed by atoms with van der Waals surface area (Å²) in [5, 5.41) is 14.7. The second-order valence-corrected chi connectivity index (χ2v) is 6.23. The van der Waals surface area contributed by atoms with E-state index in [1.165, 1.54) is 12.1 Å². The van der Waals surface area contributed by atoms with Gasteiger partial charge in [0.05, 0.1) is 19.7 Å². The van der Waals surface area contributed by atoms with Gasteiger partial charge in [0.1, 0.15) is 11.6 Å². The molecule has 0 radical (unpaired) electrons. The Balaban J connectivity index is 2.12. The highest BCUT2D eigenvalue weighted by molar-refractivity contribution is 6.30. The Kier molecular flexibility index (Phi) is 8.40. The number of nitrogens with one attached hydrogen (secondary N) is 2. The van der Waals surface area contributed by atoms with E-state index in [0.717, 1.165) is 11.6 Å². The van der Waals surface area contributed by atoms with Crippen molar-refractivity contribution < 1.29 is 18.3 Å². The minimum Gasteiger partial charge on any atom is -0.434 e. The summed E-state index contributed by atoms with van der Waals surface area (Å²) in [5.74, 6) is 2.00. The number of benzene rings is 1. The average molecular weight is 417 g/mol. The molecule has 1 aromatic heterocycles. The van der Waals surface area contributed by atoms with Crippen molar-refractivity contribution in [2.75, 3.05) is 20.3 Å². The lowest BCUT2D eigenvalue weighted by Crippen LogP contribution is -2.39.